The van der Waals surface area contributed by atoms with E-state index in [-0.39, 0.29) is 12.5 Å². The molecule has 0 bridgehead atoms. The van der Waals surface area contributed by atoms with Gasteiger partial charge in [-0.3, -0.25) is 4.79 Å². The van der Waals surface area contributed by atoms with Gasteiger partial charge in [0.05, 0.1) is 18.5 Å². The number of aromatic nitrogens is 3. The highest BCUT2D eigenvalue weighted by Gasteiger charge is 2.14. The summed E-state index contributed by atoms with van der Waals surface area (Å²) in [7, 11) is 0. The molecule has 9 heteroatoms. The van der Waals surface area contributed by atoms with Crippen LogP contribution in [0.3, 0.4) is 0 Å². The lowest BCUT2D eigenvalue weighted by molar-refractivity contribution is -0.145. The number of nitrogens with one attached hydrogen (secondary N) is 1. The molecular weight excluding hydrogens is 428 g/mol. The molecule has 2 aromatic heterocycles. The smallest absolute Gasteiger partial charge is 0.344 e. The van der Waals surface area contributed by atoms with Crippen LogP contribution >= 0.6 is 11.3 Å². The summed E-state index contributed by atoms with van der Waals surface area (Å²) in [4.78, 5) is 28.5. The van der Waals surface area contributed by atoms with Crippen LogP contribution in [-0.2, 0) is 9.53 Å². The molecule has 0 spiro atoms. The Labute approximate surface area is 188 Å². The minimum atomic E-state index is -0.451. The Morgan fingerprint density at radius 1 is 1.12 bits per heavy atom. The zero-order chi connectivity index (χ0) is 22.3. The van der Waals surface area contributed by atoms with Crippen molar-refractivity contribution in [3.05, 3.63) is 78.1 Å². The quantitative estimate of drug-likeness (QED) is 0.406. The van der Waals surface area contributed by atoms with Gasteiger partial charge in [-0.15, -0.1) is 11.3 Å². The summed E-state index contributed by atoms with van der Waals surface area (Å²) in [6.45, 7) is 1.82. The topological polar surface area (TPSA) is 95.3 Å². The molecule has 0 unspecified atom stereocenters. The predicted octanol–water partition coefficient (Wildman–Crippen LogP) is 4.19. The number of benzene rings is 2. The normalized spacial score (nSPS) is 10.5. The molecule has 2 aromatic carbocycles. The standard InChI is InChI=1S/C23H20N4O4S/c1-2-30-21(28)14-31-19-10-6-7-17(11-19)25-22(29)20-15-32-23(26-20)16-12-24-27(13-16)18-8-4-3-5-9-18/h3-13,15H,2,14H2,1H3,(H,25,29). The number of anilines is 1. The van der Waals surface area contributed by atoms with E-state index in [9.17, 15) is 9.59 Å². The molecule has 0 fully saturated rings. The first-order chi connectivity index (χ1) is 15.6. The van der Waals surface area contributed by atoms with Crippen molar-refractivity contribution < 1.29 is 19.1 Å². The van der Waals surface area contributed by atoms with Crippen molar-refractivity contribution in [2.45, 2.75) is 6.92 Å². The van der Waals surface area contributed by atoms with Crippen LogP contribution in [0.1, 0.15) is 17.4 Å². The second kappa shape index (κ2) is 9.88. The summed E-state index contributed by atoms with van der Waals surface area (Å²) in [5.41, 5.74) is 2.60. The Morgan fingerprint density at radius 2 is 1.97 bits per heavy atom. The molecule has 4 aromatic rings. The first-order valence-electron chi connectivity index (χ1n) is 9.88. The van der Waals surface area contributed by atoms with Crippen molar-refractivity contribution in [2.24, 2.45) is 0 Å². The zero-order valence-electron chi connectivity index (χ0n) is 17.2. The zero-order valence-corrected chi connectivity index (χ0v) is 18.0. The van der Waals surface area contributed by atoms with Crippen LogP contribution in [0.4, 0.5) is 5.69 Å². The molecule has 0 aliphatic heterocycles. The van der Waals surface area contributed by atoms with Gasteiger partial charge >= 0.3 is 5.97 Å². The fraction of sp³-hybridized carbons (Fsp3) is 0.130. The predicted molar refractivity (Wildman–Crippen MR) is 121 cm³/mol. The number of thiazole rings is 1. The highest BCUT2D eigenvalue weighted by Crippen LogP contribution is 2.25. The molecule has 1 N–H and O–H groups in total. The van der Waals surface area contributed by atoms with Gasteiger partial charge in [0.1, 0.15) is 16.5 Å². The Balaban J connectivity index is 1.41. The summed E-state index contributed by atoms with van der Waals surface area (Å²) < 4.78 is 12.0. The van der Waals surface area contributed by atoms with Crippen LogP contribution in [0.15, 0.2) is 72.4 Å². The lowest BCUT2D eigenvalue weighted by Gasteiger charge is -2.08. The van der Waals surface area contributed by atoms with Gasteiger partial charge in [-0.25, -0.2) is 14.5 Å². The summed E-state index contributed by atoms with van der Waals surface area (Å²) in [6.07, 6.45) is 3.60. The van der Waals surface area contributed by atoms with Gasteiger partial charge < -0.3 is 14.8 Å². The minimum Gasteiger partial charge on any atom is -0.482 e. The van der Waals surface area contributed by atoms with Gasteiger partial charge in [-0.2, -0.15) is 5.10 Å². The van der Waals surface area contributed by atoms with Crippen LogP contribution in [-0.4, -0.2) is 39.9 Å². The maximum absolute atomic E-state index is 12.6. The summed E-state index contributed by atoms with van der Waals surface area (Å²) in [6, 6.07) is 16.5. The van der Waals surface area contributed by atoms with E-state index in [0.29, 0.717) is 28.7 Å². The van der Waals surface area contributed by atoms with E-state index in [4.69, 9.17) is 9.47 Å². The molecule has 1 amide bonds. The van der Waals surface area contributed by atoms with Crippen molar-refractivity contribution in [1.29, 1.82) is 0 Å². The van der Waals surface area contributed by atoms with Crippen molar-refractivity contribution in [3.63, 3.8) is 0 Å². The highest BCUT2D eigenvalue weighted by molar-refractivity contribution is 7.13. The molecule has 162 valence electrons. The number of hydrogen-bond acceptors (Lipinski definition) is 7. The Morgan fingerprint density at radius 3 is 2.78 bits per heavy atom. The summed E-state index contributed by atoms with van der Waals surface area (Å²) >= 11 is 1.37. The summed E-state index contributed by atoms with van der Waals surface area (Å²) in [5, 5.41) is 9.57. The molecule has 0 saturated carbocycles. The number of nitrogens with zero attached hydrogens (tertiary/aromatic N) is 3. The van der Waals surface area contributed by atoms with Gasteiger partial charge in [0, 0.05) is 28.9 Å². The van der Waals surface area contributed by atoms with Gasteiger partial charge in [0.25, 0.3) is 5.91 Å². The van der Waals surface area contributed by atoms with Crippen molar-refractivity contribution in [1.82, 2.24) is 14.8 Å². The molecule has 4 rings (SSSR count). The second-order valence-corrected chi connectivity index (χ2v) is 7.48. The van der Waals surface area contributed by atoms with Crippen LogP contribution in [0, 0.1) is 0 Å². The number of hydrogen-bond donors (Lipinski definition) is 1. The molecule has 0 aliphatic rings. The van der Waals surface area contributed by atoms with Crippen LogP contribution in [0.5, 0.6) is 5.75 Å². The monoisotopic (exact) mass is 448 g/mol. The maximum atomic E-state index is 12.6. The number of para-hydroxylation sites is 1. The molecule has 8 nitrogen and oxygen atoms in total. The van der Waals surface area contributed by atoms with E-state index in [1.165, 1.54) is 11.3 Å². The molecule has 0 radical (unpaired) electrons. The van der Waals surface area contributed by atoms with E-state index in [1.54, 1.807) is 47.4 Å². The first kappa shape index (κ1) is 21.3. The Bertz CT molecular complexity index is 1220. The number of carbonyl (C=O) groups is 2. The third kappa shape index (κ3) is 5.19. The van der Waals surface area contributed by atoms with E-state index in [1.807, 2.05) is 36.5 Å². The van der Waals surface area contributed by atoms with Gasteiger partial charge in [-0.1, -0.05) is 24.3 Å². The number of ether oxygens (including phenoxy) is 2. The second-order valence-electron chi connectivity index (χ2n) is 6.62. The third-order valence-electron chi connectivity index (χ3n) is 4.34. The Hall–Kier alpha value is -3.98. The maximum Gasteiger partial charge on any atom is 0.344 e. The molecule has 0 saturated heterocycles. The average Bonchev–Trinajstić information content (AvgIpc) is 3.49. The van der Waals surface area contributed by atoms with Crippen LogP contribution in [0.25, 0.3) is 16.3 Å². The third-order valence-corrected chi connectivity index (χ3v) is 5.23. The van der Waals surface area contributed by atoms with Crippen molar-refractivity contribution in [2.75, 3.05) is 18.5 Å². The first-order valence-corrected chi connectivity index (χ1v) is 10.8. The van der Waals surface area contributed by atoms with Crippen molar-refractivity contribution in [3.8, 4) is 22.0 Å². The van der Waals surface area contributed by atoms with Gasteiger partial charge in [-0.05, 0) is 31.2 Å². The molecule has 32 heavy (non-hydrogen) atoms. The highest BCUT2D eigenvalue weighted by atomic mass is 32.1. The minimum absolute atomic E-state index is 0.197. The van der Waals surface area contributed by atoms with Crippen LogP contribution in [0.2, 0.25) is 0 Å². The lowest BCUT2D eigenvalue weighted by Crippen LogP contribution is -2.15. The number of carbonyl (C=O) groups excluding carboxylic acids is 2. The van der Waals surface area contributed by atoms with Gasteiger partial charge in [0.2, 0.25) is 0 Å². The van der Waals surface area contributed by atoms with Crippen LogP contribution < -0.4 is 10.1 Å². The van der Waals surface area contributed by atoms with Crippen molar-refractivity contribution >= 4 is 28.9 Å². The van der Waals surface area contributed by atoms with Gasteiger partial charge in [0.15, 0.2) is 6.61 Å². The van der Waals surface area contributed by atoms with E-state index in [2.05, 4.69) is 15.4 Å². The number of amides is 1. The van der Waals surface area contributed by atoms with E-state index >= 15 is 0 Å². The van der Waals surface area contributed by atoms with E-state index < -0.39 is 5.97 Å². The molecule has 0 aliphatic carbocycles. The number of rotatable bonds is 8. The average molecular weight is 449 g/mol. The number of esters is 1. The molecular formula is C23H20N4O4S. The summed E-state index contributed by atoms with van der Waals surface area (Å²) in [5.74, 6) is -0.346. The largest absolute Gasteiger partial charge is 0.482 e. The lowest BCUT2D eigenvalue weighted by atomic mass is 10.3. The van der Waals surface area contributed by atoms with E-state index in [0.717, 1.165) is 11.3 Å². The fourth-order valence-corrected chi connectivity index (χ4v) is 3.65. The fourth-order valence-electron chi connectivity index (χ4n) is 2.87. The Kier molecular flexibility index (Phi) is 6.57. The molecule has 0 atom stereocenters. The SMILES string of the molecule is CCOC(=O)COc1cccc(NC(=O)c2csc(-c3cnn(-c4ccccc4)c3)n2)c1. The molecule has 2 heterocycles.